The first kappa shape index (κ1) is 17.8. The Labute approximate surface area is 141 Å². The van der Waals surface area contributed by atoms with E-state index in [1.165, 1.54) is 7.11 Å². The normalized spacial score (nSPS) is 12.0. The zero-order valence-electron chi connectivity index (χ0n) is 13.9. The highest BCUT2D eigenvalue weighted by atomic mass is 16.6. The molecule has 0 saturated heterocycles. The summed E-state index contributed by atoms with van der Waals surface area (Å²) in [4.78, 5) is 12.4. The summed E-state index contributed by atoms with van der Waals surface area (Å²) in [5.41, 5.74) is 8.00. The Balaban J connectivity index is 2.12. The number of hydrogen-bond donors (Lipinski definition) is 3. The van der Waals surface area contributed by atoms with Crippen LogP contribution in [0.3, 0.4) is 0 Å². The number of nitrogens with one attached hydrogen (secondary N) is 1. The molecular formula is C18H22N2O4. The number of ether oxygens (including phenoxy) is 2. The lowest BCUT2D eigenvalue weighted by Gasteiger charge is -2.14. The molecule has 24 heavy (non-hydrogen) atoms. The molecule has 2 aromatic carbocycles. The summed E-state index contributed by atoms with van der Waals surface area (Å²) in [6, 6.07) is 11.6. The van der Waals surface area contributed by atoms with Gasteiger partial charge in [-0.1, -0.05) is 12.1 Å². The predicted octanol–water partition coefficient (Wildman–Crippen LogP) is 2.95. The first-order chi connectivity index (χ1) is 11.4. The molecule has 0 aliphatic carbocycles. The summed E-state index contributed by atoms with van der Waals surface area (Å²) in [6.07, 6.45) is -1.02. The average molecular weight is 330 g/mol. The van der Waals surface area contributed by atoms with Gasteiger partial charge in [-0.25, -0.2) is 0 Å². The van der Waals surface area contributed by atoms with Gasteiger partial charge in [-0.2, -0.15) is 0 Å². The van der Waals surface area contributed by atoms with E-state index in [-0.39, 0.29) is 12.0 Å². The van der Waals surface area contributed by atoms with Crippen LogP contribution < -0.4 is 15.8 Å². The van der Waals surface area contributed by atoms with E-state index in [2.05, 4.69) is 5.32 Å². The molecule has 1 amide bonds. The number of methoxy groups -OCH3 is 1. The first-order valence-electron chi connectivity index (χ1n) is 7.59. The number of hydrogen-bond acceptors (Lipinski definition) is 5. The third kappa shape index (κ3) is 4.47. The highest BCUT2D eigenvalue weighted by Gasteiger charge is 2.11. The van der Waals surface area contributed by atoms with Crippen molar-refractivity contribution in [1.82, 2.24) is 0 Å². The van der Waals surface area contributed by atoms with Gasteiger partial charge >= 0.3 is 0 Å². The summed E-state index contributed by atoms with van der Waals surface area (Å²) in [6.45, 7) is 3.78. The van der Waals surface area contributed by atoms with Crippen molar-refractivity contribution in [2.45, 2.75) is 26.2 Å². The molecule has 6 nitrogen and oxygen atoms in total. The van der Waals surface area contributed by atoms with E-state index < -0.39 is 6.29 Å². The van der Waals surface area contributed by atoms with Gasteiger partial charge in [0.1, 0.15) is 5.75 Å². The smallest absolute Gasteiger partial charge is 0.255 e. The van der Waals surface area contributed by atoms with Crippen LogP contribution >= 0.6 is 0 Å². The Morgan fingerprint density at radius 1 is 1.17 bits per heavy atom. The van der Waals surface area contributed by atoms with E-state index in [1.54, 1.807) is 42.5 Å². The van der Waals surface area contributed by atoms with E-state index in [4.69, 9.17) is 15.2 Å². The molecule has 1 unspecified atom stereocenters. The molecule has 0 aromatic heterocycles. The summed E-state index contributed by atoms with van der Waals surface area (Å²) < 4.78 is 10.4. The third-order valence-electron chi connectivity index (χ3n) is 3.32. The number of carbonyl (C=O) groups excluding carboxylic acids is 1. The van der Waals surface area contributed by atoms with Crippen molar-refractivity contribution >= 4 is 17.3 Å². The second-order valence-electron chi connectivity index (χ2n) is 5.58. The van der Waals surface area contributed by atoms with Crippen LogP contribution in [0.5, 0.6) is 5.75 Å². The van der Waals surface area contributed by atoms with Crippen molar-refractivity contribution in [1.29, 1.82) is 0 Å². The zero-order valence-corrected chi connectivity index (χ0v) is 13.9. The van der Waals surface area contributed by atoms with Crippen molar-refractivity contribution < 1.29 is 19.4 Å². The van der Waals surface area contributed by atoms with Crippen molar-refractivity contribution in [3.05, 3.63) is 53.6 Å². The predicted molar refractivity (Wildman–Crippen MR) is 93.0 cm³/mol. The molecule has 1 atom stereocenters. The second kappa shape index (κ2) is 7.81. The first-order valence-corrected chi connectivity index (χ1v) is 7.59. The maximum absolute atomic E-state index is 12.4. The summed E-state index contributed by atoms with van der Waals surface area (Å²) in [5, 5.41) is 12.4. The fourth-order valence-corrected chi connectivity index (χ4v) is 2.10. The Kier molecular flexibility index (Phi) is 5.78. The lowest BCUT2D eigenvalue weighted by Crippen LogP contribution is -2.13. The van der Waals surface area contributed by atoms with Crippen LogP contribution in [0.25, 0.3) is 0 Å². The second-order valence-corrected chi connectivity index (χ2v) is 5.58. The number of nitrogens with two attached hydrogens (primary N) is 1. The van der Waals surface area contributed by atoms with Gasteiger partial charge in [-0.15, -0.1) is 0 Å². The molecule has 0 radical (unpaired) electrons. The van der Waals surface area contributed by atoms with Crippen molar-refractivity contribution in [3.63, 3.8) is 0 Å². The van der Waals surface area contributed by atoms with Gasteiger partial charge in [-0.3, -0.25) is 4.79 Å². The van der Waals surface area contributed by atoms with Gasteiger partial charge in [0.2, 0.25) is 0 Å². The Hall–Kier alpha value is -2.57. The quantitative estimate of drug-likeness (QED) is 0.559. The molecule has 0 bridgehead atoms. The minimum atomic E-state index is -0.984. The van der Waals surface area contributed by atoms with E-state index >= 15 is 0 Å². The van der Waals surface area contributed by atoms with Crippen LogP contribution in [0.15, 0.2) is 42.5 Å². The van der Waals surface area contributed by atoms with Gasteiger partial charge in [0, 0.05) is 23.9 Å². The average Bonchev–Trinajstić information content (AvgIpc) is 2.56. The number of anilines is 2. The standard InChI is InChI=1S/C18H22N2O4/c1-11(2)24-16-10-13(6-9-15(16)19)17(21)20-14-7-4-12(5-8-14)18(22)23-3/h4-11,18,22H,19H2,1-3H3,(H,20,21). The van der Waals surface area contributed by atoms with Gasteiger partial charge in [0.25, 0.3) is 5.91 Å². The number of aliphatic hydroxyl groups excluding tert-OH is 1. The highest BCUT2D eigenvalue weighted by molar-refractivity contribution is 6.04. The molecule has 2 rings (SSSR count). The number of aliphatic hydroxyl groups is 1. The maximum atomic E-state index is 12.4. The number of amides is 1. The zero-order chi connectivity index (χ0) is 17.7. The van der Waals surface area contributed by atoms with Crippen LogP contribution in [0.1, 0.15) is 36.1 Å². The number of nitrogen functional groups attached to an aromatic ring is 1. The van der Waals surface area contributed by atoms with E-state index in [0.717, 1.165) is 0 Å². The summed E-state index contributed by atoms with van der Waals surface area (Å²) in [5.74, 6) is 0.208. The van der Waals surface area contributed by atoms with Crippen LogP contribution in [0.4, 0.5) is 11.4 Å². The van der Waals surface area contributed by atoms with E-state index in [9.17, 15) is 9.90 Å². The van der Waals surface area contributed by atoms with Crippen LogP contribution in [-0.2, 0) is 4.74 Å². The van der Waals surface area contributed by atoms with E-state index in [1.807, 2.05) is 13.8 Å². The lowest BCUT2D eigenvalue weighted by molar-refractivity contribution is -0.0769. The molecular weight excluding hydrogens is 308 g/mol. The Morgan fingerprint density at radius 2 is 1.83 bits per heavy atom. The molecule has 0 saturated carbocycles. The van der Waals surface area contributed by atoms with Crippen molar-refractivity contribution in [2.75, 3.05) is 18.2 Å². The fourth-order valence-electron chi connectivity index (χ4n) is 2.10. The van der Waals surface area contributed by atoms with Crippen LogP contribution in [0.2, 0.25) is 0 Å². The third-order valence-corrected chi connectivity index (χ3v) is 3.32. The Bertz CT molecular complexity index is 699. The number of rotatable bonds is 6. The minimum Gasteiger partial charge on any atom is -0.489 e. The molecule has 0 aliphatic rings. The van der Waals surface area contributed by atoms with Gasteiger partial charge in [0.15, 0.2) is 6.29 Å². The summed E-state index contributed by atoms with van der Waals surface area (Å²) >= 11 is 0. The minimum absolute atomic E-state index is 0.0367. The number of benzene rings is 2. The van der Waals surface area contributed by atoms with Gasteiger partial charge < -0.3 is 25.6 Å². The van der Waals surface area contributed by atoms with Crippen molar-refractivity contribution in [2.24, 2.45) is 0 Å². The molecule has 128 valence electrons. The van der Waals surface area contributed by atoms with Gasteiger partial charge in [-0.05, 0) is 44.2 Å². The molecule has 0 heterocycles. The van der Waals surface area contributed by atoms with Crippen molar-refractivity contribution in [3.8, 4) is 5.75 Å². The van der Waals surface area contributed by atoms with Gasteiger partial charge in [0.05, 0.1) is 11.8 Å². The highest BCUT2D eigenvalue weighted by Crippen LogP contribution is 2.25. The monoisotopic (exact) mass is 330 g/mol. The fraction of sp³-hybridized carbons (Fsp3) is 0.278. The molecule has 0 fully saturated rings. The van der Waals surface area contributed by atoms with E-state index in [0.29, 0.717) is 28.3 Å². The maximum Gasteiger partial charge on any atom is 0.255 e. The topological polar surface area (TPSA) is 93.8 Å². The summed E-state index contributed by atoms with van der Waals surface area (Å²) in [7, 11) is 1.41. The largest absolute Gasteiger partial charge is 0.489 e. The lowest BCUT2D eigenvalue weighted by atomic mass is 10.1. The molecule has 0 spiro atoms. The molecule has 0 aliphatic heterocycles. The SMILES string of the molecule is COC(O)c1ccc(NC(=O)c2ccc(N)c(OC(C)C)c2)cc1. The molecule has 4 N–H and O–H groups in total. The molecule has 2 aromatic rings. The van der Waals surface area contributed by atoms with Crippen LogP contribution in [-0.4, -0.2) is 24.2 Å². The number of carbonyl (C=O) groups is 1. The molecule has 6 heteroatoms. The van der Waals surface area contributed by atoms with Crippen LogP contribution in [0, 0.1) is 0 Å². The Morgan fingerprint density at radius 3 is 2.42 bits per heavy atom.